The maximum Gasteiger partial charge on any atom is 0.174 e. The van der Waals surface area contributed by atoms with Crippen LogP contribution in [0.2, 0.25) is 0 Å². The predicted octanol–water partition coefficient (Wildman–Crippen LogP) is 6.42. The lowest BCUT2D eigenvalue weighted by Crippen LogP contribution is -2.29. The largest absolute Gasteiger partial charge is 0.351 e. The normalized spacial score (nSPS) is 17.8. The van der Waals surface area contributed by atoms with Crippen LogP contribution in [-0.2, 0) is 0 Å². The highest BCUT2D eigenvalue weighted by atomic mass is 32.1. The molecule has 1 fully saturated rings. The molecule has 4 aromatic rings. The summed E-state index contributed by atoms with van der Waals surface area (Å²) in [6.45, 7) is 8.19. The molecule has 6 heteroatoms. The van der Waals surface area contributed by atoms with Gasteiger partial charge in [0.2, 0.25) is 0 Å². The molecule has 1 N–H and O–H groups in total. The van der Waals surface area contributed by atoms with Gasteiger partial charge in [0.15, 0.2) is 5.11 Å². The smallest absolute Gasteiger partial charge is 0.174 e. The van der Waals surface area contributed by atoms with E-state index in [1.807, 2.05) is 24.3 Å². The zero-order valence-corrected chi connectivity index (χ0v) is 20.5. The van der Waals surface area contributed by atoms with E-state index in [1.165, 1.54) is 11.6 Å². The van der Waals surface area contributed by atoms with Gasteiger partial charge in [0.1, 0.15) is 5.82 Å². The van der Waals surface area contributed by atoms with Crippen LogP contribution in [-0.4, -0.2) is 14.7 Å². The molecule has 34 heavy (non-hydrogen) atoms. The van der Waals surface area contributed by atoms with E-state index in [0.717, 1.165) is 34.0 Å². The quantitative estimate of drug-likeness (QED) is 0.349. The van der Waals surface area contributed by atoms with Gasteiger partial charge in [-0.05, 0) is 99.1 Å². The predicted molar refractivity (Wildman–Crippen MR) is 139 cm³/mol. The molecule has 1 saturated heterocycles. The lowest BCUT2D eigenvalue weighted by atomic mass is 9.96. The van der Waals surface area contributed by atoms with Gasteiger partial charge < -0.3 is 14.8 Å². The molecule has 0 saturated carbocycles. The molecular formula is C28H27FN4S. The van der Waals surface area contributed by atoms with E-state index >= 15 is 0 Å². The van der Waals surface area contributed by atoms with Gasteiger partial charge in [-0.15, -0.1) is 0 Å². The fraction of sp³-hybridized carbons (Fsp3) is 0.214. The zero-order valence-electron chi connectivity index (χ0n) is 19.7. The van der Waals surface area contributed by atoms with Gasteiger partial charge in [-0.1, -0.05) is 24.3 Å². The summed E-state index contributed by atoms with van der Waals surface area (Å²) in [4.78, 5) is 6.75. The van der Waals surface area contributed by atoms with Crippen molar-refractivity contribution in [2.75, 3.05) is 4.90 Å². The molecule has 1 aliphatic rings. The number of pyridine rings is 1. The van der Waals surface area contributed by atoms with Crippen LogP contribution >= 0.6 is 12.2 Å². The standard InChI is InChI=1S/C28H27FN4S/c1-17-9-5-6-11-25(17)32-19(3)16-22(20(32)4)27-26(24-10-7-8-14-30-24)31-28(34)33(27)21-12-13-23(29)18(2)15-21/h5-16,26-27H,1-4H3,(H,31,34). The first-order valence-electron chi connectivity index (χ1n) is 11.4. The summed E-state index contributed by atoms with van der Waals surface area (Å²) in [5, 5.41) is 4.10. The molecule has 1 aliphatic heterocycles. The van der Waals surface area contributed by atoms with Crippen LogP contribution in [0, 0.1) is 33.5 Å². The highest BCUT2D eigenvalue weighted by Gasteiger charge is 2.42. The van der Waals surface area contributed by atoms with Crippen LogP contribution in [0.1, 0.15) is 45.9 Å². The molecule has 5 rings (SSSR count). The lowest BCUT2D eigenvalue weighted by Gasteiger charge is -2.28. The van der Waals surface area contributed by atoms with E-state index in [2.05, 4.69) is 70.9 Å². The molecule has 0 bridgehead atoms. The number of para-hydroxylation sites is 1. The third-order valence-electron chi connectivity index (χ3n) is 6.66. The molecule has 2 atom stereocenters. The first-order chi connectivity index (χ1) is 16.4. The number of aryl methyl sites for hydroxylation is 3. The number of halogens is 1. The molecule has 2 unspecified atom stereocenters. The molecular weight excluding hydrogens is 443 g/mol. The molecule has 0 amide bonds. The first kappa shape index (κ1) is 22.3. The summed E-state index contributed by atoms with van der Waals surface area (Å²) in [5.41, 5.74) is 8.19. The summed E-state index contributed by atoms with van der Waals surface area (Å²) in [7, 11) is 0. The maximum atomic E-state index is 14.1. The third-order valence-corrected chi connectivity index (χ3v) is 6.98. The number of nitrogens with one attached hydrogen (secondary N) is 1. The minimum atomic E-state index is -0.225. The number of rotatable bonds is 4. The fourth-order valence-corrected chi connectivity index (χ4v) is 5.35. The Labute approximate surface area is 205 Å². The minimum Gasteiger partial charge on any atom is -0.351 e. The van der Waals surface area contributed by atoms with E-state index in [0.29, 0.717) is 10.7 Å². The van der Waals surface area contributed by atoms with Gasteiger partial charge in [0, 0.05) is 29.0 Å². The van der Waals surface area contributed by atoms with E-state index in [9.17, 15) is 4.39 Å². The Hall–Kier alpha value is -3.51. The Morgan fingerprint density at radius 2 is 1.68 bits per heavy atom. The molecule has 4 nitrogen and oxygen atoms in total. The fourth-order valence-electron chi connectivity index (χ4n) is 5.00. The number of anilines is 1. The number of thiocarbonyl (C=S) groups is 1. The van der Waals surface area contributed by atoms with E-state index in [4.69, 9.17) is 12.2 Å². The van der Waals surface area contributed by atoms with Crippen LogP contribution in [0.15, 0.2) is 72.9 Å². The molecule has 3 heterocycles. The number of aromatic nitrogens is 2. The van der Waals surface area contributed by atoms with Crippen LogP contribution in [0.4, 0.5) is 10.1 Å². The molecule has 0 radical (unpaired) electrons. The third kappa shape index (κ3) is 3.68. The lowest BCUT2D eigenvalue weighted by molar-refractivity contribution is 0.564. The first-order valence-corrected chi connectivity index (χ1v) is 11.8. The van der Waals surface area contributed by atoms with Gasteiger partial charge in [-0.3, -0.25) is 4.98 Å². The monoisotopic (exact) mass is 470 g/mol. The Balaban J connectivity index is 1.70. The van der Waals surface area contributed by atoms with Gasteiger partial charge in [-0.2, -0.15) is 0 Å². The van der Waals surface area contributed by atoms with Crippen molar-refractivity contribution in [2.24, 2.45) is 0 Å². The summed E-state index contributed by atoms with van der Waals surface area (Å²) in [6, 6.07) is 21.4. The second-order valence-corrected chi connectivity index (χ2v) is 9.27. The molecule has 0 aliphatic carbocycles. The van der Waals surface area contributed by atoms with Gasteiger partial charge >= 0.3 is 0 Å². The highest BCUT2D eigenvalue weighted by molar-refractivity contribution is 7.80. The van der Waals surface area contributed by atoms with Crippen LogP contribution in [0.3, 0.4) is 0 Å². The van der Waals surface area contributed by atoms with Crippen molar-refractivity contribution >= 4 is 23.0 Å². The number of hydrogen-bond donors (Lipinski definition) is 1. The van der Waals surface area contributed by atoms with E-state index in [1.54, 1.807) is 19.2 Å². The summed E-state index contributed by atoms with van der Waals surface area (Å²) in [5.74, 6) is -0.225. The van der Waals surface area contributed by atoms with E-state index < -0.39 is 0 Å². The van der Waals surface area contributed by atoms with Crippen molar-refractivity contribution < 1.29 is 4.39 Å². The average Bonchev–Trinajstić information content (AvgIpc) is 3.32. The Kier molecular flexibility index (Phi) is 5.70. The molecule has 2 aromatic heterocycles. The van der Waals surface area contributed by atoms with Crippen molar-refractivity contribution in [1.29, 1.82) is 0 Å². The van der Waals surface area contributed by atoms with Gasteiger partial charge in [0.05, 0.1) is 17.8 Å². The van der Waals surface area contributed by atoms with Crippen molar-refractivity contribution in [3.63, 3.8) is 0 Å². The van der Waals surface area contributed by atoms with E-state index in [-0.39, 0.29) is 17.9 Å². The SMILES string of the molecule is Cc1cc(N2C(=S)NC(c3ccccn3)C2c2cc(C)n(-c3ccccc3C)c2C)ccc1F. The van der Waals surface area contributed by atoms with Crippen molar-refractivity contribution in [3.8, 4) is 5.69 Å². The summed E-state index contributed by atoms with van der Waals surface area (Å²) < 4.78 is 16.4. The molecule has 2 aromatic carbocycles. The zero-order chi connectivity index (χ0) is 24.0. The second-order valence-electron chi connectivity index (χ2n) is 8.88. The molecule has 0 spiro atoms. The Morgan fingerprint density at radius 1 is 0.912 bits per heavy atom. The highest BCUT2D eigenvalue weighted by Crippen LogP contribution is 2.44. The Morgan fingerprint density at radius 3 is 2.38 bits per heavy atom. The maximum absolute atomic E-state index is 14.1. The van der Waals surface area contributed by atoms with Crippen molar-refractivity contribution in [1.82, 2.24) is 14.9 Å². The molecule has 172 valence electrons. The van der Waals surface area contributed by atoms with Crippen LogP contribution < -0.4 is 10.2 Å². The topological polar surface area (TPSA) is 33.1 Å². The Bertz CT molecular complexity index is 1380. The number of nitrogens with zero attached hydrogens (tertiary/aromatic N) is 3. The van der Waals surface area contributed by atoms with Crippen molar-refractivity contribution in [2.45, 2.75) is 39.8 Å². The van der Waals surface area contributed by atoms with Crippen molar-refractivity contribution in [3.05, 3.63) is 113 Å². The number of hydrogen-bond acceptors (Lipinski definition) is 2. The second kappa shape index (κ2) is 8.69. The minimum absolute atomic E-state index is 0.142. The van der Waals surface area contributed by atoms with Gasteiger partial charge in [0.25, 0.3) is 0 Å². The van der Waals surface area contributed by atoms with Gasteiger partial charge in [-0.25, -0.2) is 4.39 Å². The van der Waals surface area contributed by atoms with Crippen LogP contribution in [0.25, 0.3) is 5.69 Å². The summed E-state index contributed by atoms with van der Waals surface area (Å²) in [6.07, 6.45) is 1.80. The van der Waals surface area contributed by atoms with Crippen LogP contribution in [0.5, 0.6) is 0 Å². The average molecular weight is 471 g/mol. The summed E-state index contributed by atoms with van der Waals surface area (Å²) >= 11 is 5.84. The number of benzene rings is 2.